The second-order valence-corrected chi connectivity index (χ2v) is 27.8. The van der Waals surface area contributed by atoms with Crippen molar-refractivity contribution in [3.05, 3.63) is 0 Å². The van der Waals surface area contributed by atoms with E-state index in [1.807, 2.05) is 104 Å². The van der Waals surface area contributed by atoms with Gasteiger partial charge in [-0.2, -0.15) is 0 Å². The number of carbonyl (C=O) groups is 10. The molecule has 0 aromatic heterocycles. The van der Waals surface area contributed by atoms with E-state index >= 15 is 0 Å². The van der Waals surface area contributed by atoms with Gasteiger partial charge in [0.25, 0.3) is 0 Å². The van der Waals surface area contributed by atoms with Crippen molar-refractivity contribution in [2.24, 2.45) is 28.6 Å². The van der Waals surface area contributed by atoms with Crippen LogP contribution in [0.3, 0.4) is 0 Å². The van der Waals surface area contributed by atoms with Crippen LogP contribution in [0.4, 0.5) is 0 Å². The maximum absolute atomic E-state index is 11.8. The van der Waals surface area contributed by atoms with Gasteiger partial charge in [-0.3, -0.25) is 33.6 Å². The van der Waals surface area contributed by atoms with Gasteiger partial charge in [0, 0.05) is 0 Å². The molecule has 5 aliphatic rings. The van der Waals surface area contributed by atoms with Crippen molar-refractivity contribution in [3.8, 4) is 0 Å². The zero-order chi connectivity index (χ0) is 69.1. The summed E-state index contributed by atoms with van der Waals surface area (Å²) in [6, 6.07) is 0. The smallest absolute Gasteiger partial charge is 0.344 e. The molecule has 3 atom stereocenters. The van der Waals surface area contributed by atoms with Crippen molar-refractivity contribution in [1.82, 2.24) is 0 Å². The van der Waals surface area contributed by atoms with E-state index in [9.17, 15) is 47.9 Å². The van der Waals surface area contributed by atoms with Gasteiger partial charge in [0.2, 0.25) is 0 Å². The Morgan fingerprint density at radius 1 is 0.317 bits per heavy atom. The van der Waals surface area contributed by atoms with Crippen LogP contribution in [0.1, 0.15) is 378 Å². The molecule has 20 nitrogen and oxygen atoms in total. The van der Waals surface area contributed by atoms with Gasteiger partial charge in [-0.1, -0.05) is 144 Å². The van der Waals surface area contributed by atoms with Crippen molar-refractivity contribution < 1.29 is 95.3 Å². The molecule has 0 radical (unpaired) electrons. The van der Waals surface area contributed by atoms with Gasteiger partial charge in [-0.15, -0.1) is 0 Å². The van der Waals surface area contributed by atoms with Gasteiger partial charge in [0.05, 0.1) is 41.4 Å². The van der Waals surface area contributed by atoms with Crippen LogP contribution in [0.15, 0.2) is 0 Å². The number of esters is 10. The molecular weight excluding hydrogens is 1290 g/mol. The summed E-state index contributed by atoms with van der Waals surface area (Å²) >= 11 is 0. The lowest BCUT2D eigenvalue weighted by atomic mass is 9.91. The molecular formula is C81H162O20. The van der Waals surface area contributed by atoms with E-state index in [4.69, 9.17) is 47.4 Å². The molecule has 0 amide bonds. The zero-order valence-electron chi connectivity index (χ0n) is 59.4. The highest BCUT2D eigenvalue weighted by Crippen LogP contribution is 2.38. The summed E-state index contributed by atoms with van der Waals surface area (Å²) < 4.78 is 52.3. The normalized spacial score (nSPS) is 17.0. The molecule has 5 saturated carbocycles. The molecule has 5 fully saturated rings. The first-order chi connectivity index (χ1) is 42.6. The minimum absolute atomic E-state index is 0. The summed E-state index contributed by atoms with van der Waals surface area (Å²) in [5.41, 5.74) is -2.59. The van der Waals surface area contributed by atoms with Crippen LogP contribution >= 0.6 is 0 Å². The molecule has 606 valence electrons. The van der Waals surface area contributed by atoms with E-state index in [1.165, 1.54) is 0 Å². The molecule has 3 unspecified atom stereocenters. The number of ether oxygens (including phenoxy) is 10. The van der Waals surface area contributed by atoms with Crippen molar-refractivity contribution in [2.75, 3.05) is 33.0 Å². The summed E-state index contributed by atoms with van der Waals surface area (Å²) in [7, 11) is 0. The standard InChI is InChI=1S/2C15H26O4.2C14H24O4.C13H22O4.10CH4/c1-5-14(2,3)13(17)18-11-8-12(16)19-15(4)9-6-7-10-15;1-5-14(3,4)13(17)18-11-12(16)19-15(6-2)9-7-8-10-15;1-4-11(2)13(16)17-10-7-12(15)18-14(3)8-5-6-9-14;1-4-11(3)13(16)17-10-12(15)18-14(5-2)8-6-7-9-14;1-4-10(2)12(15)16-9-11(14)17-13(3)7-5-6-8-13;;;;;;;;;;/h2*5-11H2,1-4H3;2*11H,4-10H2,1-3H3;10H,4-9H2,1-3H3;10*1H4. The van der Waals surface area contributed by atoms with Gasteiger partial charge in [0.15, 0.2) is 19.8 Å². The van der Waals surface area contributed by atoms with Gasteiger partial charge in [-0.05, 0) is 222 Å². The zero-order valence-corrected chi connectivity index (χ0v) is 59.4. The average Bonchev–Trinajstić information content (AvgIpc) is 1.74. The molecule has 0 aliphatic heterocycles. The fourth-order valence-electron chi connectivity index (χ4n) is 10.7. The molecule has 0 spiro atoms. The van der Waals surface area contributed by atoms with Crippen molar-refractivity contribution in [3.63, 3.8) is 0 Å². The van der Waals surface area contributed by atoms with E-state index in [0.29, 0.717) is 25.7 Å². The van der Waals surface area contributed by atoms with Crippen molar-refractivity contribution >= 4 is 59.7 Å². The Hall–Kier alpha value is -5.30. The number of hydrogen-bond acceptors (Lipinski definition) is 20. The van der Waals surface area contributed by atoms with E-state index in [1.54, 1.807) is 13.8 Å². The quantitative estimate of drug-likeness (QED) is 0.0497. The van der Waals surface area contributed by atoms with Crippen molar-refractivity contribution in [1.29, 1.82) is 0 Å². The minimum Gasteiger partial charge on any atom is -0.465 e. The Kier molecular flexibility index (Phi) is 67.1. The lowest BCUT2D eigenvalue weighted by molar-refractivity contribution is -0.173. The third-order valence-electron chi connectivity index (χ3n) is 19.0. The molecule has 0 N–H and O–H groups in total. The molecule has 5 rings (SSSR count). The molecule has 0 bridgehead atoms. The van der Waals surface area contributed by atoms with Gasteiger partial charge < -0.3 is 47.4 Å². The highest BCUT2D eigenvalue weighted by atomic mass is 16.6. The summed E-state index contributed by atoms with van der Waals surface area (Å²) in [6.45, 7) is 31.7. The number of rotatable bonds is 29. The Balaban J connectivity index is -0.000000125. The first-order valence-electron chi connectivity index (χ1n) is 34.5. The Bertz CT molecular complexity index is 2240. The molecule has 20 heteroatoms. The molecule has 101 heavy (non-hydrogen) atoms. The number of hydrogen-bond donors (Lipinski definition) is 0. The maximum atomic E-state index is 11.8. The van der Waals surface area contributed by atoms with Crippen molar-refractivity contribution in [2.45, 2.75) is 406 Å². The largest absolute Gasteiger partial charge is 0.465 e. The summed E-state index contributed by atoms with van der Waals surface area (Å²) in [5.74, 6) is -3.75. The highest BCUT2D eigenvalue weighted by molar-refractivity contribution is 5.81. The monoisotopic (exact) mass is 1460 g/mol. The Morgan fingerprint density at radius 3 is 0.812 bits per heavy atom. The Labute approximate surface area is 620 Å². The second-order valence-electron chi connectivity index (χ2n) is 27.8. The summed E-state index contributed by atoms with van der Waals surface area (Å²) in [4.78, 5) is 116. The second kappa shape index (κ2) is 58.0. The predicted molar refractivity (Wildman–Crippen MR) is 412 cm³/mol. The van der Waals surface area contributed by atoms with Gasteiger partial charge in [-0.25, -0.2) is 14.4 Å². The van der Waals surface area contributed by atoms with Crippen LogP contribution in [0.25, 0.3) is 0 Å². The number of carbonyl (C=O) groups excluding carboxylic acids is 10. The average molecular weight is 1460 g/mol. The first kappa shape index (κ1) is 117. The van der Waals surface area contributed by atoms with Crippen LogP contribution in [0.2, 0.25) is 0 Å². The highest BCUT2D eigenvalue weighted by Gasteiger charge is 2.39. The third kappa shape index (κ3) is 45.5. The van der Waals surface area contributed by atoms with Crippen LogP contribution in [0, 0.1) is 28.6 Å². The van der Waals surface area contributed by atoms with E-state index in [0.717, 1.165) is 148 Å². The maximum Gasteiger partial charge on any atom is 0.344 e. The SMILES string of the molecule is C.C.C.C.C.C.C.C.C.C.CCC(C)(C)C(=O)OCCC(=O)OC1(C)CCCC1.CCC(C)C(=O)OCC(=O)OC1(C)CCCC1.CCC(C)C(=O)OCC(=O)OC1(CC)CCCC1.CCC(C)C(=O)OCCC(=O)OC1(C)CCCC1.CCC1(OC(=O)COC(=O)C(C)(C)CC)CCCC1. The molecule has 0 aromatic rings. The van der Waals surface area contributed by atoms with Crippen LogP contribution < -0.4 is 0 Å². The fraction of sp³-hybridized carbons (Fsp3) is 0.877. The molecule has 5 aliphatic carbocycles. The van der Waals surface area contributed by atoms with Gasteiger partial charge >= 0.3 is 59.7 Å². The first-order valence-corrected chi connectivity index (χ1v) is 34.5. The van der Waals surface area contributed by atoms with Crippen LogP contribution in [-0.2, 0) is 95.3 Å². The van der Waals surface area contributed by atoms with Gasteiger partial charge in [0.1, 0.15) is 41.2 Å². The third-order valence-corrected chi connectivity index (χ3v) is 19.0. The van der Waals surface area contributed by atoms with Crippen LogP contribution in [0.5, 0.6) is 0 Å². The summed E-state index contributed by atoms with van der Waals surface area (Å²) in [5, 5.41) is 0. The fourth-order valence-corrected chi connectivity index (χ4v) is 10.7. The van der Waals surface area contributed by atoms with E-state index in [-0.39, 0.29) is 208 Å². The minimum atomic E-state index is -0.546. The molecule has 0 heterocycles. The summed E-state index contributed by atoms with van der Waals surface area (Å²) in [6.07, 6.45) is 25.8. The van der Waals surface area contributed by atoms with Crippen LogP contribution in [-0.4, -0.2) is 121 Å². The predicted octanol–water partition coefficient (Wildman–Crippen LogP) is 21.0. The van der Waals surface area contributed by atoms with E-state index in [2.05, 4.69) is 0 Å². The lowest BCUT2D eigenvalue weighted by Crippen LogP contribution is -2.34. The Morgan fingerprint density at radius 2 is 0.545 bits per heavy atom. The lowest BCUT2D eigenvalue weighted by Gasteiger charge is -2.28. The van der Waals surface area contributed by atoms with E-state index < -0.39 is 28.7 Å². The topological polar surface area (TPSA) is 263 Å². The molecule has 0 aromatic carbocycles. The molecule has 0 saturated heterocycles.